The molecule has 0 saturated heterocycles. The smallest absolute Gasteiger partial charge is 0.242 e. The van der Waals surface area contributed by atoms with E-state index in [0.29, 0.717) is 6.54 Å². The summed E-state index contributed by atoms with van der Waals surface area (Å²) < 4.78 is 0.982. The van der Waals surface area contributed by atoms with Crippen LogP contribution < -0.4 is 5.32 Å². The maximum atomic E-state index is 13.1. The Kier molecular flexibility index (Phi) is 5.37. The number of nitrogens with one attached hydrogen (secondary N) is 1. The average molecular weight is 447 g/mol. The summed E-state index contributed by atoms with van der Waals surface area (Å²) in [5.41, 5.74) is 1.78. The van der Waals surface area contributed by atoms with Gasteiger partial charge in [-0.05, 0) is 54.0 Å². The van der Waals surface area contributed by atoms with E-state index in [1.807, 2.05) is 29.2 Å². The first-order valence-corrected chi connectivity index (χ1v) is 11.1. The summed E-state index contributed by atoms with van der Waals surface area (Å²) in [7, 11) is 0. The highest BCUT2D eigenvalue weighted by atomic mass is 79.9. The Labute approximate surface area is 172 Å². The first-order valence-electron chi connectivity index (χ1n) is 9.46. The number of benzene rings is 1. The van der Waals surface area contributed by atoms with E-state index in [0.717, 1.165) is 48.7 Å². The van der Waals surface area contributed by atoms with Crippen LogP contribution in [-0.2, 0) is 28.0 Å². The minimum Gasteiger partial charge on any atom is -0.346 e. The van der Waals surface area contributed by atoms with Crippen LogP contribution in [0.15, 0.2) is 40.2 Å². The monoisotopic (exact) mass is 446 g/mol. The van der Waals surface area contributed by atoms with Gasteiger partial charge >= 0.3 is 0 Å². The van der Waals surface area contributed by atoms with Gasteiger partial charge in [0.15, 0.2) is 0 Å². The first-order chi connectivity index (χ1) is 13.1. The van der Waals surface area contributed by atoms with Gasteiger partial charge in [0.25, 0.3) is 0 Å². The minimum atomic E-state index is -0.507. The summed E-state index contributed by atoms with van der Waals surface area (Å²) in [6.45, 7) is 1.47. The second-order valence-electron chi connectivity index (χ2n) is 7.42. The Morgan fingerprint density at radius 1 is 1.22 bits per heavy atom. The fourth-order valence-corrected chi connectivity index (χ4v) is 5.60. The molecule has 0 radical (unpaired) electrons. The lowest BCUT2D eigenvalue weighted by molar-refractivity contribution is -0.135. The van der Waals surface area contributed by atoms with Crippen LogP contribution in [-0.4, -0.2) is 29.8 Å². The maximum absolute atomic E-state index is 13.1. The molecule has 4 nitrogen and oxygen atoms in total. The van der Waals surface area contributed by atoms with Crippen LogP contribution in [0.2, 0.25) is 0 Å². The molecule has 0 spiro atoms. The molecule has 1 N–H and O–H groups in total. The first kappa shape index (κ1) is 18.7. The molecule has 142 valence electrons. The average Bonchev–Trinajstić information content (AvgIpc) is 3.35. The number of carbonyl (C=O) groups excluding carboxylic acids is 2. The second kappa shape index (κ2) is 7.76. The van der Waals surface area contributed by atoms with Crippen molar-refractivity contribution < 1.29 is 9.59 Å². The van der Waals surface area contributed by atoms with E-state index in [4.69, 9.17) is 0 Å². The van der Waals surface area contributed by atoms with Crippen molar-refractivity contribution in [3.63, 3.8) is 0 Å². The van der Waals surface area contributed by atoms with Crippen molar-refractivity contribution in [3.8, 4) is 0 Å². The molecule has 2 aliphatic rings. The van der Waals surface area contributed by atoms with Gasteiger partial charge in [0.2, 0.25) is 11.8 Å². The van der Waals surface area contributed by atoms with E-state index in [1.165, 1.54) is 10.4 Å². The van der Waals surface area contributed by atoms with E-state index in [1.54, 1.807) is 11.3 Å². The molecule has 0 bridgehead atoms. The van der Waals surface area contributed by atoms with Gasteiger partial charge in [0.1, 0.15) is 0 Å². The number of thiophene rings is 1. The largest absolute Gasteiger partial charge is 0.346 e. The van der Waals surface area contributed by atoms with Crippen molar-refractivity contribution in [1.82, 2.24) is 10.2 Å². The summed E-state index contributed by atoms with van der Waals surface area (Å²) >= 11 is 5.28. The van der Waals surface area contributed by atoms with E-state index >= 15 is 0 Å². The molecular weight excluding hydrogens is 424 g/mol. The molecule has 2 amide bonds. The number of fused-ring (bicyclic) bond motifs is 1. The molecule has 1 saturated carbocycles. The zero-order valence-corrected chi connectivity index (χ0v) is 17.6. The van der Waals surface area contributed by atoms with Crippen molar-refractivity contribution in [1.29, 1.82) is 0 Å². The second-order valence-corrected chi connectivity index (χ2v) is 9.33. The lowest BCUT2D eigenvalue weighted by Gasteiger charge is -2.30. The van der Waals surface area contributed by atoms with Crippen molar-refractivity contribution in [2.75, 3.05) is 13.1 Å². The van der Waals surface area contributed by atoms with E-state index in [9.17, 15) is 9.59 Å². The SMILES string of the molecule is O=C(CNC(=O)C1(c2cccc(Br)c2)CCCC1)N1CCc2sccc2C1. The normalized spacial score (nSPS) is 18.2. The topological polar surface area (TPSA) is 49.4 Å². The van der Waals surface area contributed by atoms with Crippen LogP contribution in [0.25, 0.3) is 0 Å². The molecule has 2 aromatic rings. The molecule has 1 aliphatic carbocycles. The van der Waals surface area contributed by atoms with Gasteiger partial charge in [-0.1, -0.05) is 40.9 Å². The highest BCUT2D eigenvalue weighted by molar-refractivity contribution is 9.10. The van der Waals surface area contributed by atoms with Crippen molar-refractivity contribution >= 4 is 39.1 Å². The van der Waals surface area contributed by atoms with Crippen LogP contribution in [0.1, 0.15) is 41.7 Å². The minimum absolute atomic E-state index is 0.00240. The van der Waals surface area contributed by atoms with Gasteiger partial charge in [0.05, 0.1) is 12.0 Å². The zero-order valence-electron chi connectivity index (χ0n) is 15.2. The molecule has 0 atom stereocenters. The number of carbonyl (C=O) groups is 2. The van der Waals surface area contributed by atoms with E-state index in [-0.39, 0.29) is 18.4 Å². The Morgan fingerprint density at radius 2 is 2.04 bits per heavy atom. The quantitative estimate of drug-likeness (QED) is 0.770. The van der Waals surface area contributed by atoms with Crippen molar-refractivity contribution in [2.24, 2.45) is 0 Å². The summed E-state index contributed by atoms with van der Waals surface area (Å²) in [6, 6.07) is 10.1. The van der Waals surface area contributed by atoms with Crippen LogP contribution in [0.4, 0.5) is 0 Å². The van der Waals surface area contributed by atoms with Crippen LogP contribution in [0.3, 0.4) is 0 Å². The molecule has 27 heavy (non-hydrogen) atoms. The molecule has 1 aromatic heterocycles. The van der Waals surface area contributed by atoms with Gasteiger partial charge in [-0.2, -0.15) is 0 Å². The standard InChI is InChI=1S/C21H23BrN2O2S/c22-17-5-3-4-16(12-17)21(8-1-2-9-21)20(26)23-13-19(25)24-10-6-18-15(14-24)7-11-27-18/h3-5,7,11-12H,1-2,6,8-10,13-14H2,(H,23,26). The molecule has 1 aliphatic heterocycles. The summed E-state index contributed by atoms with van der Waals surface area (Å²) in [5.74, 6) is -0.0118. The van der Waals surface area contributed by atoms with Gasteiger partial charge < -0.3 is 10.2 Å². The van der Waals surface area contributed by atoms with Crippen LogP contribution in [0, 0.1) is 0 Å². The number of rotatable bonds is 4. The third kappa shape index (κ3) is 3.69. The molecule has 4 rings (SSSR count). The van der Waals surface area contributed by atoms with Gasteiger partial charge in [-0.25, -0.2) is 0 Å². The fraction of sp³-hybridized carbons (Fsp3) is 0.429. The number of amides is 2. The van der Waals surface area contributed by atoms with Gasteiger partial charge in [-0.15, -0.1) is 11.3 Å². The lowest BCUT2D eigenvalue weighted by atomic mass is 9.78. The molecule has 1 aromatic carbocycles. The molecule has 0 unspecified atom stereocenters. The van der Waals surface area contributed by atoms with Crippen LogP contribution in [0.5, 0.6) is 0 Å². The van der Waals surface area contributed by atoms with Gasteiger partial charge in [0, 0.05) is 22.4 Å². The number of hydrogen-bond donors (Lipinski definition) is 1. The van der Waals surface area contributed by atoms with Gasteiger partial charge in [-0.3, -0.25) is 9.59 Å². The van der Waals surface area contributed by atoms with Crippen LogP contribution >= 0.6 is 27.3 Å². The number of halogens is 1. The number of nitrogens with zero attached hydrogens (tertiary/aromatic N) is 1. The third-order valence-corrected chi connectivity index (χ3v) is 7.35. The Balaban J connectivity index is 1.42. The summed E-state index contributed by atoms with van der Waals surface area (Å²) in [6.07, 6.45) is 4.67. The fourth-order valence-electron chi connectivity index (χ4n) is 4.31. The molecule has 2 heterocycles. The Bertz CT molecular complexity index is 857. The van der Waals surface area contributed by atoms with E-state index in [2.05, 4.69) is 32.7 Å². The summed E-state index contributed by atoms with van der Waals surface area (Å²) in [5, 5.41) is 5.04. The van der Waals surface area contributed by atoms with Crippen molar-refractivity contribution in [2.45, 2.75) is 44.1 Å². The Morgan fingerprint density at radius 3 is 2.81 bits per heavy atom. The Hall–Kier alpha value is -1.66. The number of hydrogen-bond acceptors (Lipinski definition) is 3. The third-order valence-electron chi connectivity index (χ3n) is 5.83. The highest BCUT2D eigenvalue weighted by Gasteiger charge is 2.42. The molecule has 6 heteroatoms. The zero-order chi connectivity index (χ0) is 18.9. The lowest BCUT2D eigenvalue weighted by Crippen LogP contribution is -2.48. The summed E-state index contributed by atoms with van der Waals surface area (Å²) in [4.78, 5) is 29.0. The predicted octanol–water partition coefficient (Wildman–Crippen LogP) is 4.02. The highest BCUT2D eigenvalue weighted by Crippen LogP contribution is 2.42. The maximum Gasteiger partial charge on any atom is 0.242 e. The predicted molar refractivity (Wildman–Crippen MR) is 111 cm³/mol. The van der Waals surface area contributed by atoms with E-state index < -0.39 is 5.41 Å². The van der Waals surface area contributed by atoms with Crippen molar-refractivity contribution in [3.05, 3.63) is 56.2 Å². The molecular formula is C21H23BrN2O2S. The molecule has 1 fully saturated rings.